The number of nitrogens with zero attached hydrogens (tertiary/aromatic N) is 2. The Balaban J connectivity index is 1.81. The van der Waals surface area contributed by atoms with E-state index in [0.717, 1.165) is 11.1 Å². The van der Waals surface area contributed by atoms with Crippen LogP contribution in [0.4, 0.5) is 13.2 Å². The summed E-state index contributed by atoms with van der Waals surface area (Å²) in [6.07, 6.45) is -3.32. The second kappa shape index (κ2) is 6.98. The molecule has 1 amide bonds. The summed E-state index contributed by atoms with van der Waals surface area (Å²) in [7, 11) is 0. The molecule has 1 aromatic rings. The molecule has 1 aliphatic heterocycles. The Morgan fingerprint density at radius 1 is 1.37 bits per heavy atom. The van der Waals surface area contributed by atoms with Gasteiger partial charge in [-0.15, -0.1) is 0 Å². The molecule has 2 atom stereocenters. The van der Waals surface area contributed by atoms with E-state index >= 15 is 0 Å². The van der Waals surface area contributed by atoms with Gasteiger partial charge in [-0.1, -0.05) is 18.0 Å². The fourth-order valence-electron chi connectivity index (χ4n) is 3.66. The highest BCUT2D eigenvalue weighted by atomic mass is 35.5. The van der Waals surface area contributed by atoms with E-state index in [0.29, 0.717) is 30.0 Å². The molecule has 27 heavy (non-hydrogen) atoms. The number of halogens is 4. The largest absolute Gasteiger partial charge is 0.484 e. The van der Waals surface area contributed by atoms with Crippen molar-refractivity contribution in [3.05, 3.63) is 28.3 Å². The zero-order chi connectivity index (χ0) is 20.0. The molecular weight excluding hydrogens is 385 g/mol. The Bertz CT molecular complexity index is 774. The third-order valence-corrected chi connectivity index (χ3v) is 5.64. The lowest BCUT2D eigenvalue weighted by Gasteiger charge is -2.38. The number of fused-ring (bicyclic) bond motifs is 1. The Hall–Kier alpha value is -1.80. The van der Waals surface area contributed by atoms with Gasteiger partial charge >= 0.3 is 6.18 Å². The van der Waals surface area contributed by atoms with Gasteiger partial charge in [-0.25, -0.2) is 0 Å². The molecule has 0 bridgehead atoms. The topological polar surface area (TPSA) is 62.1 Å². The van der Waals surface area contributed by atoms with E-state index in [2.05, 4.69) is 5.10 Å². The standard InChI is InChI=1S/C18H20ClF3N2O3/c1-10-7-12(8-11(2)16(10)19)27-9-15(25)24-17(26,18(20,21)22)13-5-3-4-6-14(13)23-24/h7-8,13,26H,3-6,9H2,1-2H3. The maximum Gasteiger partial charge on any atom is 0.439 e. The summed E-state index contributed by atoms with van der Waals surface area (Å²) in [5.41, 5.74) is -1.67. The molecule has 2 aliphatic rings. The Morgan fingerprint density at radius 2 is 2.00 bits per heavy atom. The first-order valence-electron chi connectivity index (χ1n) is 8.64. The van der Waals surface area contributed by atoms with Crippen molar-refractivity contribution in [3.8, 4) is 5.75 Å². The smallest absolute Gasteiger partial charge is 0.439 e. The number of aryl methyl sites for hydroxylation is 2. The van der Waals surface area contributed by atoms with E-state index in [1.54, 1.807) is 26.0 Å². The van der Waals surface area contributed by atoms with E-state index in [9.17, 15) is 23.1 Å². The highest BCUT2D eigenvalue weighted by Gasteiger charge is 2.68. The lowest BCUT2D eigenvalue weighted by atomic mass is 9.80. The van der Waals surface area contributed by atoms with E-state index in [4.69, 9.17) is 16.3 Å². The number of carbonyl (C=O) groups is 1. The molecule has 0 saturated heterocycles. The van der Waals surface area contributed by atoms with Crippen molar-refractivity contribution in [2.24, 2.45) is 11.0 Å². The Morgan fingerprint density at radius 3 is 2.59 bits per heavy atom. The van der Waals surface area contributed by atoms with Crippen LogP contribution >= 0.6 is 11.6 Å². The second-order valence-electron chi connectivity index (χ2n) is 6.98. The van der Waals surface area contributed by atoms with Crippen molar-refractivity contribution in [2.75, 3.05) is 6.61 Å². The normalized spacial score (nSPS) is 25.2. The highest BCUT2D eigenvalue weighted by Crippen LogP contribution is 2.48. The number of hydrazone groups is 1. The molecule has 0 aromatic heterocycles. The van der Waals surface area contributed by atoms with Gasteiger partial charge in [0.1, 0.15) is 5.75 Å². The highest BCUT2D eigenvalue weighted by molar-refractivity contribution is 6.32. The zero-order valence-corrected chi connectivity index (χ0v) is 15.7. The summed E-state index contributed by atoms with van der Waals surface area (Å²) < 4.78 is 46.4. The van der Waals surface area contributed by atoms with Crippen molar-refractivity contribution in [1.82, 2.24) is 5.01 Å². The predicted molar refractivity (Wildman–Crippen MR) is 93.7 cm³/mol. The van der Waals surface area contributed by atoms with Crippen molar-refractivity contribution < 1.29 is 27.8 Å². The molecule has 1 heterocycles. The Kier molecular flexibility index (Phi) is 5.16. The van der Waals surface area contributed by atoms with Crippen LogP contribution in [0.5, 0.6) is 5.75 Å². The van der Waals surface area contributed by atoms with Crippen LogP contribution in [-0.2, 0) is 4.79 Å². The van der Waals surface area contributed by atoms with Crippen LogP contribution in [0.3, 0.4) is 0 Å². The predicted octanol–water partition coefficient (Wildman–Crippen LogP) is 3.97. The number of hydrogen-bond acceptors (Lipinski definition) is 4. The SMILES string of the molecule is Cc1cc(OCC(=O)N2N=C3CCCCC3C2(O)C(F)(F)F)cc(C)c1Cl. The van der Waals surface area contributed by atoms with Gasteiger partial charge in [-0.05, 0) is 56.4 Å². The third kappa shape index (κ3) is 3.40. The summed E-state index contributed by atoms with van der Waals surface area (Å²) in [4.78, 5) is 12.5. The average Bonchev–Trinajstić information content (AvgIpc) is 2.92. The van der Waals surface area contributed by atoms with Gasteiger partial charge in [0.05, 0.1) is 5.92 Å². The Labute approximate surface area is 159 Å². The molecule has 1 N–H and O–H groups in total. The molecule has 1 saturated carbocycles. The molecule has 5 nitrogen and oxygen atoms in total. The summed E-state index contributed by atoms with van der Waals surface area (Å²) >= 11 is 6.07. The van der Waals surface area contributed by atoms with Crippen LogP contribution in [0.1, 0.15) is 36.8 Å². The summed E-state index contributed by atoms with van der Waals surface area (Å²) in [6.45, 7) is 2.83. The van der Waals surface area contributed by atoms with Crippen LogP contribution in [0.25, 0.3) is 0 Å². The summed E-state index contributed by atoms with van der Waals surface area (Å²) in [5.74, 6) is -1.97. The van der Waals surface area contributed by atoms with Gasteiger partial charge < -0.3 is 9.84 Å². The minimum atomic E-state index is -5.02. The van der Waals surface area contributed by atoms with E-state index in [-0.39, 0.29) is 17.1 Å². The number of ether oxygens (including phenoxy) is 1. The van der Waals surface area contributed by atoms with Crippen LogP contribution in [0.15, 0.2) is 17.2 Å². The van der Waals surface area contributed by atoms with E-state index in [1.807, 2.05) is 0 Å². The van der Waals surface area contributed by atoms with Crippen LogP contribution in [0.2, 0.25) is 5.02 Å². The molecule has 2 unspecified atom stereocenters. The van der Waals surface area contributed by atoms with Crippen molar-refractivity contribution in [3.63, 3.8) is 0 Å². The van der Waals surface area contributed by atoms with Crippen molar-refractivity contribution >= 4 is 23.2 Å². The minimum Gasteiger partial charge on any atom is -0.484 e. The van der Waals surface area contributed by atoms with Crippen molar-refractivity contribution in [1.29, 1.82) is 0 Å². The maximum atomic E-state index is 13.7. The quantitative estimate of drug-likeness (QED) is 0.829. The second-order valence-corrected chi connectivity index (χ2v) is 7.36. The van der Waals surface area contributed by atoms with Gasteiger partial charge in [0.25, 0.3) is 11.6 Å². The minimum absolute atomic E-state index is 0.134. The third-order valence-electron chi connectivity index (χ3n) is 5.04. The molecule has 3 rings (SSSR count). The summed E-state index contributed by atoms with van der Waals surface area (Å²) in [6, 6.07) is 3.18. The number of carbonyl (C=O) groups excluding carboxylic acids is 1. The molecule has 9 heteroatoms. The molecule has 1 aliphatic carbocycles. The molecule has 0 spiro atoms. The van der Waals surface area contributed by atoms with Gasteiger partial charge in [0, 0.05) is 10.7 Å². The lowest BCUT2D eigenvalue weighted by Crippen LogP contribution is -2.62. The lowest BCUT2D eigenvalue weighted by molar-refractivity contribution is -0.317. The molecule has 1 aromatic carbocycles. The van der Waals surface area contributed by atoms with Crippen LogP contribution in [0, 0.1) is 19.8 Å². The number of amides is 1. The number of benzene rings is 1. The first kappa shape index (κ1) is 19.9. The first-order valence-corrected chi connectivity index (χ1v) is 9.02. The van der Waals surface area contributed by atoms with E-state index in [1.165, 1.54) is 0 Å². The molecular formula is C18H20ClF3N2O3. The number of alkyl halides is 3. The van der Waals surface area contributed by atoms with Gasteiger partial charge in [0.15, 0.2) is 6.61 Å². The molecule has 0 radical (unpaired) electrons. The fraction of sp³-hybridized carbons (Fsp3) is 0.556. The fourth-order valence-corrected chi connectivity index (χ4v) is 3.77. The van der Waals surface area contributed by atoms with Gasteiger partial charge in [0.2, 0.25) is 0 Å². The molecule has 1 fully saturated rings. The van der Waals surface area contributed by atoms with Gasteiger partial charge in [-0.2, -0.15) is 23.3 Å². The summed E-state index contributed by atoms with van der Waals surface area (Å²) in [5, 5.41) is 15.0. The average molecular weight is 405 g/mol. The van der Waals surface area contributed by atoms with Crippen molar-refractivity contribution in [2.45, 2.75) is 51.4 Å². The first-order chi connectivity index (χ1) is 12.6. The van der Waals surface area contributed by atoms with E-state index < -0.39 is 30.3 Å². The zero-order valence-electron chi connectivity index (χ0n) is 14.9. The van der Waals surface area contributed by atoms with Crippen LogP contribution < -0.4 is 4.74 Å². The number of hydrogen-bond donors (Lipinski definition) is 1. The number of aliphatic hydroxyl groups is 1. The molecule has 148 valence electrons. The number of rotatable bonds is 3. The van der Waals surface area contributed by atoms with Gasteiger partial charge in [-0.3, -0.25) is 4.79 Å². The monoisotopic (exact) mass is 404 g/mol. The van der Waals surface area contributed by atoms with Crippen LogP contribution in [-0.4, -0.2) is 40.2 Å². The maximum absolute atomic E-state index is 13.7.